The fraction of sp³-hybridized carbons (Fsp3) is 0.438. The second-order valence-corrected chi connectivity index (χ2v) is 9.70. The molecule has 0 bridgehead atoms. The lowest BCUT2D eigenvalue weighted by Crippen LogP contribution is -2.22. The first kappa shape index (κ1) is 18.6. The van der Waals surface area contributed by atoms with Crippen molar-refractivity contribution in [3.8, 4) is 0 Å². The Balaban J connectivity index is 1.70. The quantitative estimate of drug-likeness (QED) is 0.591. The molecule has 1 N–H and O–H groups in total. The molecule has 140 valence electrons. The van der Waals surface area contributed by atoms with Gasteiger partial charge in [-0.3, -0.25) is 10.1 Å². The van der Waals surface area contributed by atoms with Gasteiger partial charge in [-0.05, 0) is 31.4 Å². The van der Waals surface area contributed by atoms with Crippen LogP contribution < -0.4 is 10.2 Å². The highest BCUT2D eigenvalue weighted by Crippen LogP contribution is 2.41. The van der Waals surface area contributed by atoms with Crippen molar-refractivity contribution in [2.45, 2.75) is 17.6 Å². The first-order valence-electron chi connectivity index (χ1n) is 8.15. The Morgan fingerprint density at radius 1 is 1.46 bits per heavy atom. The van der Waals surface area contributed by atoms with E-state index in [4.69, 9.17) is 0 Å². The van der Waals surface area contributed by atoms with Crippen molar-refractivity contribution in [2.75, 3.05) is 36.1 Å². The van der Waals surface area contributed by atoms with E-state index >= 15 is 0 Å². The van der Waals surface area contributed by atoms with Gasteiger partial charge in [-0.1, -0.05) is 17.4 Å². The number of pyridine rings is 1. The lowest BCUT2D eigenvalue weighted by atomic mass is 10.1. The van der Waals surface area contributed by atoms with Crippen LogP contribution >= 0.6 is 11.3 Å². The second-order valence-electron chi connectivity index (χ2n) is 6.43. The zero-order chi connectivity index (χ0) is 18.9. The Labute approximate surface area is 155 Å². The van der Waals surface area contributed by atoms with Crippen LogP contribution in [0.25, 0.3) is 0 Å². The highest BCUT2D eigenvalue weighted by Gasteiger charge is 2.31. The summed E-state index contributed by atoms with van der Waals surface area (Å²) in [6.07, 6.45) is 1.94. The van der Waals surface area contributed by atoms with Gasteiger partial charge in [0.15, 0.2) is 14.8 Å². The number of nitrogens with zero attached hydrogens (tertiary/aromatic N) is 3. The molecule has 26 heavy (non-hydrogen) atoms. The van der Waals surface area contributed by atoms with Crippen LogP contribution in [-0.2, 0) is 9.84 Å². The van der Waals surface area contributed by atoms with E-state index in [0.29, 0.717) is 30.6 Å². The van der Waals surface area contributed by atoms with Crippen molar-refractivity contribution in [1.82, 2.24) is 4.98 Å². The number of hydrogen-bond donors (Lipinski definition) is 1. The lowest BCUT2D eigenvalue weighted by molar-refractivity contribution is -0.383. The number of thiophene rings is 1. The first-order chi connectivity index (χ1) is 12.2. The molecule has 1 aliphatic heterocycles. The largest absolute Gasteiger partial charge is 0.370 e. The van der Waals surface area contributed by atoms with Gasteiger partial charge in [0.05, 0.1) is 4.92 Å². The molecule has 0 radical (unpaired) electrons. The molecule has 0 amide bonds. The van der Waals surface area contributed by atoms with E-state index in [-0.39, 0.29) is 9.90 Å². The zero-order valence-electron chi connectivity index (χ0n) is 14.5. The molecule has 3 heterocycles. The van der Waals surface area contributed by atoms with Crippen LogP contribution in [0.5, 0.6) is 0 Å². The highest BCUT2D eigenvalue weighted by atomic mass is 32.2. The molecule has 10 heteroatoms. The van der Waals surface area contributed by atoms with Crippen LogP contribution in [0, 0.1) is 23.0 Å². The monoisotopic (exact) mass is 396 g/mol. The van der Waals surface area contributed by atoms with Crippen molar-refractivity contribution in [1.29, 1.82) is 0 Å². The van der Waals surface area contributed by atoms with E-state index in [1.54, 1.807) is 0 Å². The Morgan fingerprint density at radius 2 is 2.23 bits per heavy atom. The zero-order valence-corrected chi connectivity index (χ0v) is 16.1. The van der Waals surface area contributed by atoms with Crippen molar-refractivity contribution >= 4 is 37.7 Å². The fourth-order valence-corrected chi connectivity index (χ4v) is 5.03. The van der Waals surface area contributed by atoms with Gasteiger partial charge >= 0.3 is 5.69 Å². The van der Waals surface area contributed by atoms with E-state index in [1.165, 1.54) is 0 Å². The molecule has 2 aromatic rings. The van der Waals surface area contributed by atoms with Gasteiger partial charge in [-0.15, -0.1) is 0 Å². The van der Waals surface area contributed by atoms with Gasteiger partial charge in [-0.25, -0.2) is 13.4 Å². The predicted octanol–water partition coefficient (Wildman–Crippen LogP) is 2.70. The molecule has 0 saturated carbocycles. The van der Waals surface area contributed by atoms with Crippen molar-refractivity contribution in [3.63, 3.8) is 0 Å². The molecular weight excluding hydrogens is 376 g/mol. The van der Waals surface area contributed by atoms with Gasteiger partial charge in [0.25, 0.3) is 0 Å². The Hall–Kier alpha value is -2.20. The molecule has 1 fully saturated rings. The third-order valence-electron chi connectivity index (χ3n) is 4.27. The fourth-order valence-electron chi connectivity index (χ4n) is 2.96. The third kappa shape index (κ3) is 4.13. The molecule has 1 atom stereocenters. The number of aryl methyl sites for hydroxylation is 1. The molecular formula is C16H20N4O4S2. The topological polar surface area (TPSA) is 105 Å². The van der Waals surface area contributed by atoms with Crippen LogP contribution in [0.3, 0.4) is 0 Å². The van der Waals surface area contributed by atoms with Crippen LogP contribution in [0.4, 0.5) is 16.5 Å². The van der Waals surface area contributed by atoms with Gasteiger partial charge in [0.2, 0.25) is 0 Å². The minimum absolute atomic E-state index is 0.0322. The van der Waals surface area contributed by atoms with Crippen molar-refractivity contribution in [3.05, 3.63) is 40.1 Å². The molecule has 0 aliphatic carbocycles. The van der Waals surface area contributed by atoms with Crippen molar-refractivity contribution < 1.29 is 13.3 Å². The molecule has 8 nitrogen and oxygen atoms in total. The van der Waals surface area contributed by atoms with E-state index in [9.17, 15) is 18.5 Å². The number of hydrogen-bond acceptors (Lipinski definition) is 8. The first-order valence-corrected chi connectivity index (χ1v) is 10.9. The van der Waals surface area contributed by atoms with E-state index < -0.39 is 14.8 Å². The van der Waals surface area contributed by atoms with Gasteiger partial charge in [0, 0.05) is 37.7 Å². The maximum atomic E-state index is 11.7. The summed E-state index contributed by atoms with van der Waals surface area (Å²) >= 11 is 0.974. The third-order valence-corrected chi connectivity index (χ3v) is 7.25. The normalized spacial score (nSPS) is 17.5. The molecule has 1 aliphatic rings. The molecule has 0 aromatic carbocycles. The lowest BCUT2D eigenvalue weighted by Gasteiger charge is -2.16. The average Bonchev–Trinajstić information content (AvgIpc) is 3.19. The Kier molecular flexibility index (Phi) is 5.15. The van der Waals surface area contributed by atoms with Crippen LogP contribution in [-0.4, -0.2) is 44.2 Å². The summed E-state index contributed by atoms with van der Waals surface area (Å²) in [6, 6.07) is 6.94. The van der Waals surface area contributed by atoms with Crippen molar-refractivity contribution in [2.24, 2.45) is 5.92 Å². The van der Waals surface area contributed by atoms with Crippen LogP contribution in [0.1, 0.15) is 12.1 Å². The van der Waals surface area contributed by atoms with E-state index in [1.807, 2.05) is 30.0 Å². The summed E-state index contributed by atoms with van der Waals surface area (Å²) in [5.41, 5.74) is 0.801. The summed E-state index contributed by atoms with van der Waals surface area (Å²) in [5.74, 6) is 1.12. The number of nitrogens with one attached hydrogen (secondary N) is 1. The minimum Gasteiger partial charge on any atom is -0.370 e. The summed E-state index contributed by atoms with van der Waals surface area (Å²) in [5, 5.41) is 15.0. The molecule has 1 saturated heterocycles. The predicted molar refractivity (Wildman–Crippen MR) is 102 cm³/mol. The number of nitro groups is 1. The molecule has 3 rings (SSSR count). The number of anilines is 2. The highest BCUT2D eigenvalue weighted by molar-refractivity contribution is 7.92. The summed E-state index contributed by atoms with van der Waals surface area (Å²) in [7, 11) is -3.46. The Bertz CT molecular complexity index is 926. The minimum atomic E-state index is -3.46. The molecule has 1 unspecified atom stereocenters. The summed E-state index contributed by atoms with van der Waals surface area (Å²) < 4.78 is 23.5. The van der Waals surface area contributed by atoms with Gasteiger partial charge in [0.1, 0.15) is 10.0 Å². The smallest absolute Gasteiger partial charge is 0.305 e. The maximum Gasteiger partial charge on any atom is 0.305 e. The molecule has 0 spiro atoms. The number of aromatic nitrogens is 1. The maximum absolute atomic E-state index is 11.7. The van der Waals surface area contributed by atoms with Crippen LogP contribution in [0.2, 0.25) is 0 Å². The summed E-state index contributed by atoms with van der Waals surface area (Å²) in [6.45, 7) is 3.95. The van der Waals surface area contributed by atoms with Crippen LogP contribution in [0.15, 0.2) is 28.5 Å². The number of rotatable bonds is 6. The SMILES string of the molecule is Cc1cccc(NCC2CCN(c3sc(S(C)(=O)=O)cc3[N+](=O)[O-])C2)n1. The standard InChI is InChI=1S/C16H20N4O4S2/c1-11-4-3-5-14(18-11)17-9-12-6-7-19(10-12)16-13(20(21)22)8-15(25-16)26(2,23)24/h3-5,8,12H,6-7,9-10H2,1-2H3,(H,17,18). The summed E-state index contributed by atoms with van der Waals surface area (Å²) in [4.78, 5) is 17.1. The number of sulfone groups is 1. The van der Waals surface area contributed by atoms with E-state index in [2.05, 4.69) is 10.3 Å². The average molecular weight is 396 g/mol. The van der Waals surface area contributed by atoms with Gasteiger partial charge in [-0.2, -0.15) is 0 Å². The molecule has 2 aromatic heterocycles. The second kappa shape index (κ2) is 7.20. The van der Waals surface area contributed by atoms with Gasteiger partial charge < -0.3 is 10.2 Å². The Morgan fingerprint density at radius 3 is 2.88 bits per heavy atom. The van der Waals surface area contributed by atoms with E-state index in [0.717, 1.165) is 41.6 Å².